The summed E-state index contributed by atoms with van der Waals surface area (Å²) >= 11 is 0. The van der Waals surface area contributed by atoms with Crippen molar-refractivity contribution in [3.8, 4) is 5.75 Å². The molecule has 3 N–H and O–H groups in total. The lowest BCUT2D eigenvalue weighted by Gasteiger charge is -2.19. The lowest BCUT2D eigenvalue weighted by Crippen LogP contribution is -2.18. The maximum atomic E-state index is 5.51. The number of anilines is 1. The van der Waals surface area contributed by atoms with Crippen LogP contribution in [0, 0.1) is 0 Å². The van der Waals surface area contributed by atoms with E-state index < -0.39 is 0 Å². The molecular formula is C9H14Cl2N2O. The Morgan fingerprint density at radius 2 is 2.14 bits per heavy atom. The molecule has 0 saturated carbocycles. The molecule has 3 nitrogen and oxygen atoms in total. The molecule has 5 heteroatoms. The molecule has 1 aromatic carbocycles. The zero-order chi connectivity index (χ0) is 8.39. The van der Waals surface area contributed by atoms with E-state index >= 15 is 0 Å². The van der Waals surface area contributed by atoms with Crippen LogP contribution in [-0.4, -0.2) is 13.2 Å². The average molecular weight is 237 g/mol. The highest BCUT2D eigenvalue weighted by atomic mass is 35.5. The number of rotatable bonds is 1. The van der Waals surface area contributed by atoms with Crippen LogP contribution >= 0.6 is 24.8 Å². The Balaban J connectivity index is 0.000000845. The topological polar surface area (TPSA) is 47.3 Å². The van der Waals surface area contributed by atoms with E-state index in [0.717, 1.165) is 30.2 Å². The second-order valence-electron chi connectivity index (χ2n) is 2.81. The third-order valence-corrected chi connectivity index (χ3v) is 1.96. The smallest absolute Gasteiger partial charge is 0.142 e. The van der Waals surface area contributed by atoms with Crippen molar-refractivity contribution >= 4 is 30.5 Å². The summed E-state index contributed by atoms with van der Waals surface area (Å²) in [5, 5.41) is 3.25. The monoisotopic (exact) mass is 236 g/mol. The summed E-state index contributed by atoms with van der Waals surface area (Å²) in [6.45, 7) is 2.19. The number of fused-ring (bicyclic) bond motifs is 1. The van der Waals surface area contributed by atoms with Gasteiger partial charge in [0.2, 0.25) is 0 Å². The molecule has 1 aliphatic heterocycles. The van der Waals surface area contributed by atoms with Gasteiger partial charge in [-0.1, -0.05) is 6.07 Å². The fourth-order valence-corrected chi connectivity index (χ4v) is 1.31. The first-order valence-corrected chi connectivity index (χ1v) is 4.10. The summed E-state index contributed by atoms with van der Waals surface area (Å²) in [5.74, 6) is 0.921. The molecule has 0 radical (unpaired) electrons. The summed E-state index contributed by atoms with van der Waals surface area (Å²) in [6.07, 6.45) is 0. The van der Waals surface area contributed by atoms with Gasteiger partial charge in [0.05, 0.1) is 5.69 Å². The third kappa shape index (κ3) is 2.67. The summed E-state index contributed by atoms with van der Waals surface area (Å²) in [5.41, 5.74) is 7.68. The van der Waals surface area contributed by atoms with Gasteiger partial charge in [0.1, 0.15) is 12.4 Å². The second-order valence-corrected chi connectivity index (χ2v) is 2.81. The SMILES string of the molecule is Cl.Cl.NCc1ccc2c(c1)OCCN2. The van der Waals surface area contributed by atoms with E-state index in [1.807, 2.05) is 18.2 Å². The summed E-state index contributed by atoms with van der Waals surface area (Å²) < 4.78 is 5.45. The molecule has 0 unspecified atom stereocenters. The number of ether oxygens (including phenoxy) is 1. The van der Waals surface area contributed by atoms with Gasteiger partial charge in [0.15, 0.2) is 0 Å². The zero-order valence-corrected chi connectivity index (χ0v) is 9.29. The van der Waals surface area contributed by atoms with Gasteiger partial charge in [-0.3, -0.25) is 0 Å². The first kappa shape index (κ1) is 13.4. The molecule has 80 valence electrons. The quantitative estimate of drug-likeness (QED) is 0.782. The van der Waals surface area contributed by atoms with Crippen LogP contribution < -0.4 is 15.8 Å². The molecular weight excluding hydrogens is 223 g/mol. The van der Waals surface area contributed by atoms with Crippen molar-refractivity contribution in [2.45, 2.75) is 6.54 Å². The highest BCUT2D eigenvalue weighted by molar-refractivity contribution is 5.85. The maximum Gasteiger partial charge on any atom is 0.142 e. The Bertz CT molecular complexity index is 294. The first-order valence-electron chi connectivity index (χ1n) is 4.10. The fraction of sp³-hybridized carbons (Fsp3) is 0.333. The average Bonchev–Trinajstić information content (AvgIpc) is 2.17. The largest absolute Gasteiger partial charge is 0.490 e. The van der Waals surface area contributed by atoms with E-state index in [1.165, 1.54) is 0 Å². The fourth-order valence-electron chi connectivity index (χ4n) is 1.31. The van der Waals surface area contributed by atoms with Crippen LogP contribution in [0.25, 0.3) is 0 Å². The molecule has 0 aromatic heterocycles. The van der Waals surface area contributed by atoms with Crippen molar-refractivity contribution in [1.29, 1.82) is 0 Å². The van der Waals surface area contributed by atoms with Gasteiger partial charge in [-0.2, -0.15) is 0 Å². The highest BCUT2D eigenvalue weighted by Gasteiger charge is 2.08. The normalized spacial score (nSPS) is 12.4. The number of halogens is 2. The number of hydrogen-bond acceptors (Lipinski definition) is 3. The lowest BCUT2D eigenvalue weighted by molar-refractivity contribution is 0.323. The molecule has 0 aliphatic carbocycles. The number of nitrogens with two attached hydrogens (primary N) is 1. The van der Waals surface area contributed by atoms with E-state index in [2.05, 4.69) is 5.32 Å². The number of hydrogen-bond donors (Lipinski definition) is 2. The molecule has 1 aliphatic rings. The summed E-state index contributed by atoms with van der Waals surface area (Å²) in [4.78, 5) is 0. The Hall–Kier alpha value is -0.640. The Morgan fingerprint density at radius 3 is 2.86 bits per heavy atom. The van der Waals surface area contributed by atoms with E-state index in [1.54, 1.807) is 0 Å². The first-order chi connectivity index (χ1) is 5.90. The molecule has 0 saturated heterocycles. The van der Waals surface area contributed by atoms with Gasteiger partial charge in [0, 0.05) is 13.1 Å². The molecule has 0 fully saturated rings. The van der Waals surface area contributed by atoms with Crippen molar-refractivity contribution in [2.24, 2.45) is 5.73 Å². The van der Waals surface area contributed by atoms with Gasteiger partial charge in [-0.15, -0.1) is 24.8 Å². The van der Waals surface area contributed by atoms with Crippen molar-refractivity contribution in [1.82, 2.24) is 0 Å². The van der Waals surface area contributed by atoms with Gasteiger partial charge in [-0.25, -0.2) is 0 Å². The highest BCUT2D eigenvalue weighted by Crippen LogP contribution is 2.27. The van der Waals surface area contributed by atoms with Crippen LogP contribution in [0.5, 0.6) is 5.75 Å². The Morgan fingerprint density at radius 1 is 1.36 bits per heavy atom. The van der Waals surface area contributed by atoms with Crippen LogP contribution in [0.2, 0.25) is 0 Å². The molecule has 0 amide bonds. The number of nitrogens with one attached hydrogen (secondary N) is 1. The summed E-state index contributed by atoms with van der Waals surface area (Å²) in [7, 11) is 0. The third-order valence-electron chi connectivity index (χ3n) is 1.96. The minimum Gasteiger partial charge on any atom is -0.490 e. The van der Waals surface area contributed by atoms with E-state index in [0.29, 0.717) is 6.54 Å². The van der Waals surface area contributed by atoms with Crippen LogP contribution in [0.4, 0.5) is 5.69 Å². The van der Waals surface area contributed by atoms with Gasteiger partial charge >= 0.3 is 0 Å². The molecule has 1 heterocycles. The van der Waals surface area contributed by atoms with Crippen LogP contribution in [-0.2, 0) is 6.54 Å². The number of benzene rings is 1. The van der Waals surface area contributed by atoms with E-state index in [9.17, 15) is 0 Å². The van der Waals surface area contributed by atoms with Crippen molar-refractivity contribution in [3.05, 3.63) is 23.8 Å². The second kappa shape index (κ2) is 5.96. The molecule has 14 heavy (non-hydrogen) atoms. The van der Waals surface area contributed by atoms with Crippen LogP contribution in [0.3, 0.4) is 0 Å². The minimum absolute atomic E-state index is 0. The Labute approximate surface area is 95.8 Å². The predicted octanol–water partition coefficient (Wildman–Crippen LogP) is 1.79. The van der Waals surface area contributed by atoms with Crippen molar-refractivity contribution in [2.75, 3.05) is 18.5 Å². The van der Waals surface area contributed by atoms with E-state index in [4.69, 9.17) is 10.5 Å². The lowest BCUT2D eigenvalue weighted by atomic mass is 10.2. The standard InChI is InChI=1S/C9H12N2O.2ClH/c10-6-7-1-2-8-9(5-7)12-4-3-11-8;;/h1-2,5,11H,3-4,6,10H2;2*1H. The van der Waals surface area contributed by atoms with E-state index in [-0.39, 0.29) is 24.8 Å². The molecule has 1 aromatic rings. The molecule has 0 spiro atoms. The van der Waals surface area contributed by atoms with Crippen LogP contribution in [0.15, 0.2) is 18.2 Å². The van der Waals surface area contributed by atoms with Crippen LogP contribution in [0.1, 0.15) is 5.56 Å². The van der Waals surface area contributed by atoms with Crippen molar-refractivity contribution < 1.29 is 4.74 Å². The molecule has 0 atom stereocenters. The molecule has 0 bridgehead atoms. The van der Waals surface area contributed by atoms with Gasteiger partial charge in [-0.05, 0) is 17.7 Å². The predicted molar refractivity (Wildman–Crippen MR) is 62.8 cm³/mol. The Kier molecular flexibility index (Phi) is 5.69. The van der Waals surface area contributed by atoms with Crippen molar-refractivity contribution in [3.63, 3.8) is 0 Å². The summed E-state index contributed by atoms with van der Waals surface area (Å²) in [6, 6.07) is 6.01. The van der Waals surface area contributed by atoms with Gasteiger partial charge in [0.25, 0.3) is 0 Å². The van der Waals surface area contributed by atoms with Gasteiger partial charge < -0.3 is 15.8 Å². The zero-order valence-electron chi connectivity index (χ0n) is 7.66. The maximum absolute atomic E-state index is 5.51. The minimum atomic E-state index is 0. The molecule has 2 rings (SSSR count).